The molecule has 3 nitrogen and oxygen atoms in total. The molecule has 1 atom stereocenters. The highest BCUT2D eigenvalue weighted by Crippen LogP contribution is 2.37. The normalized spacial score (nSPS) is 15.4. The second-order valence-electron chi connectivity index (χ2n) is 3.69. The van der Waals surface area contributed by atoms with Gasteiger partial charge < -0.3 is 14.8 Å². The Bertz CT molecular complexity index is 368. The van der Waals surface area contributed by atoms with E-state index in [1.54, 1.807) is 0 Å². The van der Waals surface area contributed by atoms with Crippen LogP contribution in [0.2, 0.25) is 5.02 Å². The fourth-order valence-corrected chi connectivity index (χ4v) is 1.78. The third-order valence-corrected chi connectivity index (χ3v) is 2.91. The molecule has 1 aliphatic rings. The number of hydrogen-bond donors (Lipinski definition) is 1. The Hall–Kier alpha value is -0.930. The fraction of sp³-hybridized carbons (Fsp3) is 0.455. The Labute approximate surface area is 94.3 Å². The first-order chi connectivity index (χ1) is 7.20. The van der Waals surface area contributed by atoms with Gasteiger partial charge in [0, 0.05) is 17.1 Å². The van der Waals surface area contributed by atoms with Crippen LogP contribution in [-0.2, 0) is 6.42 Å². The summed E-state index contributed by atoms with van der Waals surface area (Å²) < 4.78 is 10.6. The molecule has 1 N–H and O–H groups in total. The maximum atomic E-state index is 6.15. The van der Waals surface area contributed by atoms with Crippen LogP contribution in [0, 0.1) is 0 Å². The standard InChI is InChI=1S/C11H14ClNO2/c1-7(13-2)3-8-4-10-11(5-9(8)12)15-6-14-10/h4-5,7,13H,3,6H2,1-2H3. The lowest BCUT2D eigenvalue weighted by molar-refractivity contribution is 0.174. The SMILES string of the molecule is CNC(C)Cc1cc2c(cc1Cl)OCO2. The number of halogens is 1. The molecule has 0 saturated heterocycles. The molecule has 15 heavy (non-hydrogen) atoms. The highest BCUT2D eigenvalue weighted by Gasteiger charge is 2.17. The number of likely N-dealkylation sites (N-methyl/N-ethyl adjacent to an activating group) is 1. The minimum atomic E-state index is 0.288. The molecule has 0 fully saturated rings. The van der Waals surface area contributed by atoms with E-state index in [2.05, 4.69) is 12.2 Å². The third kappa shape index (κ3) is 2.19. The number of rotatable bonds is 3. The number of nitrogens with one attached hydrogen (secondary N) is 1. The predicted octanol–water partition coefficient (Wildman–Crippen LogP) is 2.22. The first-order valence-corrected chi connectivity index (χ1v) is 5.34. The summed E-state index contributed by atoms with van der Waals surface area (Å²) in [4.78, 5) is 0. The second-order valence-corrected chi connectivity index (χ2v) is 4.10. The molecule has 0 bridgehead atoms. The molecule has 0 aliphatic carbocycles. The van der Waals surface area contributed by atoms with Crippen molar-refractivity contribution in [2.24, 2.45) is 0 Å². The van der Waals surface area contributed by atoms with Gasteiger partial charge in [0.15, 0.2) is 11.5 Å². The molecular formula is C11H14ClNO2. The van der Waals surface area contributed by atoms with E-state index in [1.165, 1.54) is 0 Å². The highest BCUT2D eigenvalue weighted by atomic mass is 35.5. The highest BCUT2D eigenvalue weighted by molar-refractivity contribution is 6.31. The van der Waals surface area contributed by atoms with Gasteiger partial charge in [0.25, 0.3) is 0 Å². The molecule has 1 heterocycles. The lowest BCUT2D eigenvalue weighted by Crippen LogP contribution is -2.23. The van der Waals surface area contributed by atoms with Gasteiger partial charge in [0.1, 0.15) is 0 Å². The minimum absolute atomic E-state index is 0.288. The Morgan fingerprint density at radius 1 is 1.40 bits per heavy atom. The zero-order chi connectivity index (χ0) is 10.8. The van der Waals surface area contributed by atoms with Crippen LogP contribution < -0.4 is 14.8 Å². The smallest absolute Gasteiger partial charge is 0.231 e. The molecule has 0 aromatic heterocycles. The molecule has 82 valence electrons. The van der Waals surface area contributed by atoms with Crippen LogP contribution in [0.15, 0.2) is 12.1 Å². The van der Waals surface area contributed by atoms with Crippen LogP contribution in [0.3, 0.4) is 0 Å². The summed E-state index contributed by atoms with van der Waals surface area (Å²) in [7, 11) is 1.94. The number of fused-ring (bicyclic) bond motifs is 1. The summed E-state index contributed by atoms with van der Waals surface area (Å²) in [6.45, 7) is 2.40. The van der Waals surface area contributed by atoms with Gasteiger partial charge in [-0.25, -0.2) is 0 Å². The van der Waals surface area contributed by atoms with Crippen LogP contribution in [-0.4, -0.2) is 19.9 Å². The van der Waals surface area contributed by atoms with Crippen LogP contribution in [0.25, 0.3) is 0 Å². The fourth-order valence-electron chi connectivity index (χ4n) is 1.55. The summed E-state index contributed by atoms with van der Waals surface area (Å²) in [5, 5.41) is 3.91. The number of ether oxygens (including phenoxy) is 2. The molecule has 1 aromatic carbocycles. The van der Waals surface area contributed by atoms with E-state index < -0.39 is 0 Å². The minimum Gasteiger partial charge on any atom is -0.454 e. The van der Waals surface area contributed by atoms with Gasteiger partial charge in [-0.2, -0.15) is 0 Å². The molecule has 1 aromatic rings. The quantitative estimate of drug-likeness (QED) is 0.859. The monoisotopic (exact) mass is 227 g/mol. The van der Waals surface area contributed by atoms with E-state index in [0.717, 1.165) is 28.5 Å². The van der Waals surface area contributed by atoms with Gasteiger partial charge in [-0.3, -0.25) is 0 Å². The van der Waals surface area contributed by atoms with Crippen molar-refractivity contribution in [1.29, 1.82) is 0 Å². The molecule has 2 rings (SSSR count). The van der Waals surface area contributed by atoms with Crippen LogP contribution in [0.1, 0.15) is 12.5 Å². The van der Waals surface area contributed by atoms with Crippen molar-refractivity contribution in [3.8, 4) is 11.5 Å². The van der Waals surface area contributed by atoms with Gasteiger partial charge in [0.05, 0.1) is 0 Å². The Morgan fingerprint density at radius 2 is 2.07 bits per heavy atom. The first kappa shape index (κ1) is 10.6. The van der Waals surface area contributed by atoms with Crippen LogP contribution >= 0.6 is 11.6 Å². The van der Waals surface area contributed by atoms with Crippen molar-refractivity contribution in [2.45, 2.75) is 19.4 Å². The van der Waals surface area contributed by atoms with E-state index in [0.29, 0.717) is 6.04 Å². The maximum absolute atomic E-state index is 6.15. The maximum Gasteiger partial charge on any atom is 0.231 e. The predicted molar refractivity (Wildman–Crippen MR) is 59.8 cm³/mol. The van der Waals surface area contributed by atoms with Crippen molar-refractivity contribution in [1.82, 2.24) is 5.32 Å². The van der Waals surface area contributed by atoms with Gasteiger partial charge in [0.2, 0.25) is 6.79 Å². The third-order valence-electron chi connectivity index (χ3n) is 2.56. The van der Waals surface area contributed by atoms with E-state index in [4.69, 9.17) is 21.1 Å². The second kappa shape index (κ2) is 4.29. The van der Waals surface area contributed by atoms with Gasteiger partial charge >= 0.3 is 0 Å². The van der Waals surface area contributed by atoms with Gasteiger partial charge in [-0.1, -0.05) is 11.6 Å². The van der Waals surface area contributed by atoms with Crippen molar-refractivity contribution >= 4 is 11.6 Å². The van der Waals surface area contributed by atoms with Crippen molar-refractivity contribution in [2.75, 3.05) is 13.8 Å². The summed E-state index contributed by atoms with van der Waals surface area (Å²) in [5.74, 6) is 1.53. The average Bonchev–Trinajstić information content (AvgIpc) is 2.65. The zero-order valence-corrected chi connectivity index (χ0v) is 9.60. The Morgan fingerprint density at radius 3 is 2.73 bits per heavy atom. The molecule has 4 heteroatoms. The zero-order valence-electron chi connectivity index (χ0n) is 8.84. The Balaban J connectivity index is 2.24. The summed E-state index contributed by atoms with van der Waals surface area (Å²) >= 11 is 6.15. The topological polar surface area (TPSA) is 30.5 Å². The van der Waals surface area contributed by atoms with Crippen LogP contribution in [0.5, 0.6) is 11.5 Å². The van der Waals surface area contributed by atoms with Crippen molar-refractivity contribution in [3.63, 3.8) is 0 Å². The molecule has 0 spiro atoms. The summed E-state index contributed by atoms with van der Waals surface area (Å²) in [5.41, 5.74) is 1.09. The van der Waals surface area contributed by atoms with Crippen molar-refractivity contribution in [3.05, 3.63) is 22.7 Å². The first-order valence-electron chi connectivity index (χ1n) is 4.96. The Kier molecular flexibility index (Phi) is 3.03. The lowest BCUT2D eigenvalue weighted by Gasteiger charge is -2.11. The van der Waals surface area contributed by atoms with E-state index in [-0.39, 0.29) is 6.79 Å². The van der Waals surface area contributed by atoms with Crippen LogP contribution in [0.4, 0.5) is 0 Å². The van der Waals surface area contributed by atoms with E-state index in [1.807, 2.05) is 19.2 Å². The van der Waals surface area contributed by atoms with Gasteiger partial charge in [-0.15, -0.1) is 0 Å². The molecular weight excluding hydrogens is 214 g/mol. The lowest BCUT2D eigenvalue weighted by atomic mass is 10.1. The largest absolute Gasteiger partial charge is 0.454 e. The molecule has 1 aliphatic heterocycles. The number of benzene rings is 1. The van der Waals surface area contributed by atoms with Crippen molar-refractivity contribution < 1.29 is 9.47 Å². The van der Waals surface area contributed by atoms with Gasteiger partial charge in [-0.05, 0) is 32.0 Å². The molecule has 0 amide bonds. The molecule has 1 unspecified atom stereocenters. The summed E-state index contributed by atoms with van der Waals surface area (Å²) in [6.07, 6.45) is 0.881. The number of hydrogen-bond acceptors (Lipinski definition) is 3. The molecule has 0 radical (unpaired) electrons. The summed E-state index contributed by atoms with van der Waals surface area (Å²) in [6, 6.07) is 4.17. The molecule has 0 saturated carbocycles. The average molecular weight is 228 g/mol. The van der Waals surface area contributed by atoms with E-state index >= 15 is 0 Å². The van der Waals surface area contributed by atoms with E-state index in [9.17, 15) is 0 Å².